The van der Waals surface area contributed by atoms with Crippen molar-refractivity contribution in [3.63, 3.8) is 0 Å². The maximum atomic E-state index is 13.6. The molecular formula is C28H34N2O5. The second-order valence-electron chi connectivity index (χ2n) is 8.42. The van der Waals surface area contributed by atoms with Crippen LogP contribution < -0.4 is 9.47 Å². The molecule has 0 fully saturated rings. The first kappa shape index (κ1) is 25.9. The Morgan fingerprint density at radius 2 is 1.66 bits per heavy atom. The fourth-order valence-electron chi connectivity index (χ4n) is 3.78. The van der Waals surface area contributed by atoms with E-state index in [2.05, 4.69) is 0 Å². The van der Waals surface area contributed by atoms with Crippen LogP contribution in [-0.2, 0) is 17.8 Å². The number of carbonyl (C=O) groups is 2. The first-order chi connectivity index (χ1) is 16.9. The Bertz CT molecular complexity index is 1060. The van der Waals surface area contributed by atoms with Gasteiger partial charge in [0.15, 0.2) is 0 Å². The predicted molar refractivity (Wildman–Crippen MR) is 135 cm³/mol. The Balaban J connectivity index is 1.82. The standard InChI is InChI=1S/C28H34N2O5/c1-5-21(2)30(28(32)23-16-25(33-3)18-26(17-23)34-4)20-27(31)29(19-24-12-9-15-35-24)14-13-22-10-7-6-8-11-22/h6-12,15-18,21H,5,13-14,19-20H2,1-4H3. The van der Waals surface area contributed by atoms with Crippen molar-refractivity contribution in [2.24, 2.45) is 0 Å². The van der Waals surface area contributed by atoms with Gasteiger partial charge in [-0.05, 0) is 49.6 Å². The Morgan fingerprint density at radius 3 is 2.23 bits per heavy atom. The lowest BCUT2D eigenvalue weighted by Gasteiger charge is -2.31. The lowest BCUT2D eigenvalue weighted by atomic mass is 10.1. The third kappa shape index (κ3) is 7.12. The maximum absolute atomic E-state index is 13.6. The molecular weight excluding hydrogens is 444 g/mol. The van der Waals surface area contributed by atoms with Crippen molar-refractivity contribution in [3.8, 4) is 11.5 Å². The van der Waals surface area contributed by atoms with E-state index in [-0.39, 0.29) is 24.4 Å². The number of carbonyl (C=O) groups excluding carboxylic acids is 2. The summed E-state index contributed by atoms with van der Waals surface area (Å²) in [6, 6.07) is 18.6. The van der Waals surface area contributed by atoms with Gasteiger partial charge in [0.05, 0.1) is 27.0 Å². The number of ether oxygens (including phenoxy) is 2. The molecule has 35 heavy (non-hydrogen) atoms. The second kappa shape index (κ2) is 12.6. The van der Waals surface area contributed by atoms with Crippen LogP contribution in [0.3, 0.4) is 0 Å². The molecule has 2 aromatic carbocycles. The number of benzene rings is 2. The number of furan rings is 1. The van der Waals surface area contributed by atoms with Crippen LogP contribution in [0.1, 0.15) is 41.9 Å². The van der Waals surface area contributed by atoms with Crippen molar-refractivity contribution in [3.05, 3.63) is 83.8 Å². The van der Waals surface area contributed by atoms with Gasteiger partial charge in [-0.25, -0.2) is 0 Å². The quantitative estimate of drug-likeness (QED) is 0.374. The van der Waals surface area contributed by atoms with E-state index < -0.39 is 0 Å². The van der Waals surface area contributed by atoms with E-state index in [1.807, 2.05) is 50.2 Å². The Labute approximate surface area is 207 Å². The van der Waals surface area contributed by atoms with Crippen LogP contribution in [-0.4, -0.2) is 55.0 Å². The minimum Gasteiger partial charge on any atom is -0.497 e. The van der Waals surface area contributed by atoms with Crippen molar-refractivity contribution in [1.29, 1.82) is 0 Å². The molecule has 0 spiro atoms. The van der Waals surface area contributed by atoms with Gasteiger partial charge in [0.25, 0.3) is 5.91 Å². The van der Waals surface area contributed by atoms with Gasteiger partial charge < -0.3 is 23.7 Å². The average molecular weight is 479 g/mol. The highest BCUT2D eigenvalue weighted by Gasteiger charge is 2.27. The Hall–Kier alpha value is -3.74. The van der Waals surface area contributed by atoms with Crippen LogP contribution in [0.5, 0.6) is 11.5 Å². The van der Waals surface area contributed by atoms with Gasteiger partial charge in [0.2, 0.25) is 5.91 Å². The van der Waals surface area contributed by atoms with E-state index in [0.717, 1.165) is 5.56 Å². The Kier molecular flexibility index (Phi) is 9.35. The maximum Gasteiger partial charge on any atom is 0.254 e. The van der Waals surface area contributed by atoms with Gasteiger partial charge in [-0.15, -0.1) is 0 Å². The number of nitrogens with zero attached hydrogens (tertiary/aromatic N) is 2. The summed E-state index contributed by atoms with van der Waals surface area (Å²) in [5.74, 6) is 1.35. The normalized spacial score (nSPS) is 11.5. The third-order valence-electron chi connectivity index (χ3n) is 6.08. The van der Waals surface area contributed by atoms with Gasteiger partial charge in [0, 0.05) is 24.2 Å². The first-order valence-electron chi connectivity index (χ1n) is 11.8. The summed E-state index contributed by atoms with van der Waals surface area (Å²) in [6.45, 7) is 4.76. The molecule has 0 aliphatic carbocycles. The fraction of sp³-hybridized carbons (Fsp3) is 0.357. The number of rotatable bonds is 12. The molecule has 1 heterocycles. The summed E-state index contributed by atoms with van der Waals surface area (Å²) in [7, 11) is 3.08. The average Bonchev–Trinajstić information content (AvgIpc) is 3.42. The van der Waals surface area contributed by atoms with E-state index in [1.54, 1.807) is 40.3 Å². The molecule has 0 aliphatic heterocycles. The number of hydrogen-bond donors (Lipinski definition) is 0. The summed E-state index contributed by atoms with van der Waals surface area (Å²) in [4.78, 5) is 30.5. The van der Waals surface area contributed by atoms with E-state index in [1.165, 1.54) is 14.2 Å². The molecule has 0 saturated heterocycles. The summed E-state index contributed by atoms with van der Waals surface area (Å²) in [6.07, 6.45) is 3.01. The Morgan fingerprint density at radius 1 is 0.971 bits per heavy atom. The number of amides is 2. The summed E-state index contributed by atoms with van der Waals surface area (Å²) in [5, 5.41) is 0. The third-order valence-corrected chi connectivity index (χ3v) is 6.08. The molecule has 0 radical (unpaired) electrons. The van der Waals surface area contributed by atoms with Gasteiger partial charge >= 0.3 is 0 Å². The van der Waals surface area contributed by atoms with Crippen LogP contribution >= 0.6 is 0 Å². The number of hydrogen-bond acceptors (Lipinski definition) is 5. The van der Waals surface area contributed by atoms with Crippen molar-refractivity contribution >= 4 is 11.8 Å². The fourth-order valence-corrected chi connectivity index (χ4v) is 3.78. The zero-order valence-corrected chi connectivity index (χ0v) is 20.9. The van der Waals surface area contributed by atoms with E-state index in [9.17, 15) is 9.59 Å². The van der Waals surface area contributed by atoms with Crippen molar-refractivity contribution in [2.45, 2.75) is 39.3 Å². The van der Waals surface area contributed by atoms with Crippen molar-refractivity contribution in [2.75, 3.05) is 27.3 Å². The SMILES string of the molecule is CCC(C)N(CC(=O)N(CCc1ccccc1)Cc1ccco1)C(=O)c1cc(OC)cc(OC)c1. The van der Waals surface area contributed by atoms with Gasteiger partial charge in [-0.1, -0.05) is 37.3 Å². The van der Waals surface area contributed by atoms with Crippen LogP contribution in [0.15, 0.2) is 71.3 Å². The zero-order valence-electron chi connectivity index (χ0n) is 20.9. The van der Waals surface area contributed by atoms with Gasteiger partial charge in [-0.3, -0.25) is 9.59 Å². The molecule has 7 nitrogen and oxygen atoms in total. The minimum absolute atomic E-state index is 0.0388. The molecule has 0 bridgehead atoms. The van der Waals surface area contributed by atoms with Crippen molar-refractivity contribution in [1.82, 2.24) is 9.80 Å². The lowest BCUT2D eigenvalue weighted by Crippen LogP contribution is -2.46. The van der Waals surface area contributed by atoms with Crippen LogP contribution in [0.2, 0.25) is 0 Å². The monoisotopic (exact) mass is 478 g/mol. The molecule has 1 unspecified atom stereocenters. The predicted octanol–water partition coefficient (Wildman–Crippen LogP) is 4.81. The van der Waals surface area contributed by atoms with Crippen LogP contribution in [0.25, 0.3) is 0 Å². The highest BCUT2D eigenvalue weighted by molar-refractivity contribution is 5.97. The highest BCUT2D eigenvalue weighted by atomic mass is 16.5. The van der Waals surface area contributed by atoms with Gasteiger partial charge in [-0.2, -0.15) is 0 Å². The summed E-state index contributed by atoms with van der Waals surface area (Å²) >= 11 is 0. The summed E-state index contributed by atoms with van der Waals surface area (Å²) in [5.41, 5.74) is 1.55. The van der Waals surface area contributed by atoms with E-state index in [4.69, 9.17) is 13.9 Å². The molecule has 1 aromatic heterocycles. The number of methoxy groups -OCH3 is 2. The van der Waals surface area contributed by atoms with Crippen LogP contribution in [0, 0.1) is 0 Å². The van der Waals surface area contributed by atoms with Crippen LogP contribution in [0.4, 0.5) is 0 Å². The van der Waals surface area contributed by atoms with Crippen molar-refractivity contribution < 1.29 is 23.5 Å². The van der Waals surface area contributed by atoms with E-state index in [0.29, 0.717) is 48.8 Å². The molecule has 3 aromatic rings. The molecule has 3 rings (SSSR count). The van der Waals surface area contributed by atoms with Gasteiger partial charge in [0.1, 0.15) is 23.8 Å². The summed E-state index contributed by atoms with van der Waals surface area (Å²) < 4.78 is 16.2. The molecule has 186 valence electrons. The molecule has 2 amide bonds. The smallest absolute Gasteiger partial charge is 0.254 e. The highest BCUT2D eigenvalue weighted by Crippen LogP contribution is 2.24. The first-order valence-corrected chi connectivity index (χ1v) is 11.8. The largest absolute Gasteiger partial charge is 0.497 e. The topological polar surface area (TPSA) is 72.2 Å². The molecule has 0 N–H and O–H groups in total. The van der Waals surface area contributed by atoms with E-state index >= 15 is 0 Å². The molecule has 0 aliphatic rings. The molecule has 0 saturated carbocycles. The zero-order chi connectivity index (χ0) is 25.2. The molecule has 7 heteroatoms. The lowest BCUT2D eigenvalue weighted by molar-refractivity contribution is -0.133. The second-order valence-corrected chi connectivity index (χ2v) is 8.42. The minimum atomic E-state index is -0.245. The molecule has 1 atom stereocenters.